The van der Waals surface area contributed by atoms with Crippen LogP contribution in [0.5, 0.6) is 0 Å². The van der Waals surface area contributed by atoms with Crippen LogP contribution in [0.25, 0.3) is 0 Å². The molecule has 0 aliphatic heterocycles. The van der Waals surface area contributed by atoms with Crippen LogP contribution in [0.15, 0.2) is 48.5 Å². The van der Waals surface area contributed by atoms with E-state index in [1.165, 1.54) is 0 Å². The molecular formula is C15H15NO2. The Morgan fingerprint density at radius 3 is 2.50 bits per heavy atom. The number of carbonyl (C=O) groups excluding carboxylic acids is 1. The van der Waals surface area contributed by atoms with Gasteiger partial charge in [0.15, 0.2) is 0 Å². The number of rotatable bonds is 3. The Balaban J connectivity index is 2.06. The molecule has 0 atom stereocenters. The first-order valence-corrected chi connectivity index (χ1v) is 5.74. The summed E-state index contributed by atoms with van der Waals surface area (Å²) < 4.78 is 5.26. The fourth-order valence-corrected chi connectivity index (χ4v) is 1.68. The van der Waals surface area contributed by atoms with Gasteiger partial charge in [-0.2, -0.15) is 0 Å². The first kappa shape index (κ1) is 12.2. The summed E-state index contributed by atoms with van der Waals surface area (Å²) >= 11 is 0. The molecule has 2 N–H and O–H groups in total. The maximum absolute atomic E-state index is 11.8. The summed E-state index contributed by atoms with van der Waals surface area (Å²) in [5.74, 6) is -0.392. The van der Waals surface area contributed by atoms with Crippen molar-refractivity contribution < 1.29 is 9.53 Å². The number of aryl methyl sites for hydroxylation is 1. The number of nitrogen functional groups attached to an aromatic ring is 1. The Labute approximate surface area is 106 Å². The molecule has 0 aliphatic carbocycles. The molecular weight excluding hydrogens is 226 g/mol. The van der Waals surface area contributed by atoms with Crippen LogP contribution >= 0.6 is 0 Å². The van der Waals surface area contributed by atoms with E-state index in [1.807, 2.05) is 31.2 Å². The second-order valence-electron chi connectivity index (χ2n) is 4.09. The quantitative estimate of drug-likeness (QED) is 0.664. The molecule has 3 heteroatoms. The molecule has 0 radical (unpaired) electrons. The SMILES string of the molecule is Cc1ccccc1COC(=O)c1ccccc1N. The zero-order valence-corrected chi connectivity index (χ0v) is 10.2. The van der Waals surface area contributed by atoms with Crippen molar-refractivity contribution in [3.05, 3.63) is 65.2 Å². The largest absolute Gasteiger partial charge is 0.457 e. The van der Waals surface area contributed by atoms with Gasteiger partial charge in [0, 0.05) is 5.69 Å². The average Bonchev–Trinajstić information content (AvgIpc) is 2.38. The summed E-state index contributed by atoms with van der Waals surface area (Å²) in [7, 11) is 0. The highest BCUT2D eigenvalue weighted by Gasteiger charge is 2.10. The fraction of sp³-hybridized carbons (Fsp3) is 0.133. The van der Waals surface area contributed by atoms with Crippen molar-refractivity contribution in [1.82, 2.24) is 0 Å². The first-order valence-electron chi connectivity index (χ1n) is 5.74. The van der Waals surface area contributed by atoms with Crippen LogP contribution in [0.4, 0.5) is 5.69 Å². The van der Waals surface area contributed by atoms with E-state index in [1.54, 1.807) is 24.3 Å². The van der Waals surface area contributed by atoms with Gasteiger partial charge in [0.1, 0.15) is 6.61 Å². The van der Waals surface area contributed by atoms with Crippen LogP contribution in [-0.4, -0.2) is 5.97 Å². The third-order valence-electron chi connectivity index (χ3n) is 2.80. The number of anilines is 1. The molecule has 0 bridgehead atoms. The molecule has 0 amide bonds. The zero-order chi connectivity index (χ0) is 13.0. The second-order valence-corrected chi connectivity index (χ2v) is 4.09. The lowest BCUT2D eigenvalue weighted by Gasteiger charge is -2.08. The summed E-state index contributed by atoms with van der Waals surface area (Å²) in [6.45, 7) is 2.25. The van der Waals surface area contributed by atoms with Crippen LogP contribution in [0.1, 0.15) is 21.5 Å². The summed E-state index contributed by atoms with van der Waals surface area (Å²) in [5, 5.41) is 0. The van der Waals surface area contributed by atoms with E-state index in [0.717, 1.165) is 11.1 Å². The van der Waals surface area contributed by atoms with E-state index in [-0.39, 0.29) is 6.61 Å². The van der Waals surface area contributed by atoms with Gasteiger partial charge in [0.2, 0.25) is 0 Å². The summed E-state index contributed by atoms with van der Waals surface area (Å²) in [6.07, 6.45) is 0. The molecule has 0 fully saturated rings. The number of ether oxygens (including phenoxy) is 1. The van der Waals surface area contributed by atoms with Gasteiger partial charge in [-0.25, -0.2) is 4.79 Å². The number of carbonyl (C=O) groups is 1. The molecule has 18 heavy (non-hydrogen) atoms. The minimum Gasteiger partial charge on any atom is -0.457 e. The highest BCUT2D eigenvalue weighted by atomic mass is 16.5. The molecule has 0 aromatic heterocycles. The van der Waals surface area contributed by atoms with E-state index in [4.69, 9.17) is 10.5 Å². The van der Waals surface area contributed by atoms with Gasteiger partial charge in [-0.3, -0.25) is 0 Å². The van der Waals surface area contributed by atoms with Crippen molar-refractivity contribution in [3.8, 4) is 0 Å². The number of hydrogen-bond acceptors (Lipinski definition) is 3. The Bertz CT molecular complexity index is 564. The van der Waals surface area contributed by atoms with Crippen molar-refractivity contribution in [2.24, 2.45) is 0 Å². The van der Waals surface area contributed by atoms with Crippen molar-refractivity contribution >= 4 is 11.7 Å². The van der Waals surface area contributed by atoms with E-state index in [9.17, 15) is 4.79 Å². The number of nitrogens with two attached hydrogens (primary N) is 1. The van der Waals surface area contributed by atoms with Gasteiger partial charge < -0.3 is 10.5 Å². The molecule has 0 spiro atoms. The lowest BCUT2D eigenvalue weighted by atomic mass is 10.1. The predicted octanol–water partition coefficient (Wildman–Crippen LogP) is 2.93. The monoisotopic (exact) mass is 241 g/mol. The van der Waals surface area contributed by atoms with E-state index in [0.29, 0.717) is 11.3 Å². The molecule has 2 aromatic carbocycles. The van der Waals surface area contributed by atoms with E-state index in [2.05, 4.69) is 0 Å². The van der Waals surface area contributed by atoms with Crippen molar-refractivity contribution in [3.63, 3.8) is 0 Å². The van der Waals surface area contributed by atoms with Crippen LogP contribution in [0.2, 0.25) is 0 Å². The van der Waals surface area contributed by atoms with E-state index < -0.39 is 5.97 Å². The summed E-state index contributed by atoms with van der Waals surface area (Å²) in [6, 6.07) is 14.7. The molecule has 3 nitrogen and oxygen atoms in total. The maximum Gasteiger partial charge on any atom is 0.340 e. The molecule has 92 valence electrons. The average molecular weight is 241 g/mol. The predicted molar refractivity (Wildman–Crippen MR) is 71.2 cm³/mol. The minimum atomic E-state index is -0.392. The Morgan fingerprint density at radius 1 is 1.11 bits per heavy atom. The normalized spacial score (nSPS) is 10.1. The van der Waals surface area contributed by atoms with Gasteiger partial charge in [-0.15, -0.1) is 0 Å². The van der Waals surface area contributed by atoms with Crippen LogP contribution in [0.3, 0.4) is 0 Å². The molecule has 0 saturated heterocycles. The summed E-state index contributed by atoms with van der Waals surface area (Å²) in [4.78, 5) is 11.8. The van der Waals surface area contributed by atoms with Crippen molar-refractivity contribution in [1.29, 1.82) is 0 Å². The molecule has 0 unspecified atom stereocenters. The standard InChI is InChI=1S/C15H15NO2/c1-11-6-2-3-7-12(11)10-18-15(17)13-8-4-5-9-14(13)16/h2-9H,10,16H2,1H3. The summed E-state index contributed by atoms with van der Waals surface area (Å²) in [5.41, 5.74) is 8.67. The van der Waals surface area contributed by atoms with Crippen molar-refractivity contribution in [2.75, 3.05) is 5.73 Å². The van der Waals surface area contributed by atoms with Crippen molar-refractivity contribution in [2.45, 2.75) is 13.5 Å². The second kappa shape index (κ2) is 5.36. The van der Waals surface area contributed by atoms with Gasteiger partial charge in [0.25, 0.3) is 0 Å². The first-order chi connectivity index (χ1) is 8.68. The van der Waals surface area contributed by atoms with Crippen LogP contribution in [0, 0.1) is 6.92 Å². The Morgan fingerprint density at radius 2 is 1.78 bits per heavy atom. The Kier molecular flexibility index (Phi) is 3.63. The Hall–Kier alpha value is -2.29. The maximum atomic E-state index is 11.8. The third-order valence-corrected chi connectivity index (χ3v) is 2.80. The van der Waals surface area contributed by atoms with Crippen LogP contribution < -0.4 is 5.73 Å². The number of hydrogen-bond donors (Lipinski definition) is 1. The fourth-order valence-electron chi connectivity index (χ4n) is 1.68. The molecule has 0 aliphatic rings. The number of para-hydroxylation sites is 1. The van der Waals surface area contributed by atoms with Gasteiger partial charge in [-0.1, -0.05) is 36.4 Å². The van der Waals surface area contributed by atoms with Crippen LogP contribution in [-0.2, 0) is 11.3 Å². The highest BCUT2D eigenvalue weighted by molar-refractivity contribution is 5.94. The lowest BCUT2D eigenvalue weighted by molar-refractivity contribution is 0.0473. The van der Waals surface area contributed by atoms with Gasteiger partial charge in [0.05, 0.1) is 5.56 Å². The number of benzene rings is 2. The lowest BCUT2D eigenvalue weighted by Crippen LogP contribution is -2.08. The molecule has 2 aromatic rings. The van der Waals surface area contributed by atoms with Gasteiger partial charge in [-0.05, 0) is 30.2 Å². The van der Waals surface area contributed by atoms with E-state index >= 15 is 0 Å². The van der Waals surface area contributed by atoms with Gasteiger partial charge >= 0.3 is 5.97 Å². The zero-order valence-electron chi connectivity index (χ0n) is 10.2. The minimum absolute atomic E-state index is 0.264. The third kappa shape index (κ3) is 2.69. The smallest absolute Gasteiger partial charge is 0.340 e. The molecule has 2 rings (SSSR count). The topological polar surface area (TPSA) is 52.3 Å². The molecule has 0 saturated carbocycles. The molecule has 0 heterocycles. The highest BCUT2D eigenvalue weighted by Crippen LogP contribution is 2.14. The number of esters is 1.